The van der Waals surface area contributed by atoms with Crippen molar-refractivity contribution in [3.63, 3.8) is 0 Å². The van der Waals surface area contributed by atoms with Crippen molar-refractivity contribution in [2.75, 3.05) is 0 Å². The Balaban J connectivity index is 1.96. The molecule has 2 aliphatic carbocycles. The molecular formula is C14H13N3OS. The summed E-state index contributed by atoms with van der Waals surface area (Å²) in [5, 5.41) is 19.6. The summed E-state index contributed by atoms with van der Waals surface area (Å²) in [6, 6.07) is 4.24. The van der Waals surface area contributed by atoms with Crippen molar-refractivity contribution in [3.8, 4) is 11.5 Å². The Kier molecular flexibility index (Phi) is 3.08. The summed E-state index contributed by atoms with van der Waals surface area (Å²) in [4.78, 5) is 12.8. The molecule has 0 saturated heterocycles. The highest BCUT2D eigenvalue weighted by molar-refractivity contribution is 8.03. The highest BCUT2D eigenvalue weighted by Gasteiger charge is 2.33. The maximum atomic E-state index is 12.3. The summed E-state index contributed by atoms with van der Waals surface area (Å²) in [7, 11) is 0. The monoisotopic (exact) mass is 271 g/mol. The first kappa shape index (κ1) is 12.3. The van der Waals surface area contributed by atoms with Gasteiger partial charge in [0.1, 0.15) is 5.40 Å². The van der Waals surface area contributed by atoms with E-state index in [0.29, 0.717) is 10.8 Å². The SMILES string of the molecule is N#CSc1cc(C2CC2)cn(C2CC(C#N)C2)c1=O. The molecule has 19 heavy (non-hydrogen) atoms. The van der Waals surface area contributed by atoms with Gasteiger partial charge in [0.25, 0.3) is 5.56 Å². The van der Waals surface area contributed by atoms with Gasteiger partial charge in [-0.15, -0.1) is 0 Å². The highest BCUT2D eigenvalue weighted by Crippen LogP contribution is 2.42. The minimum Gasteiger partial charge on any atom is -0.311 e. The predicted octanol–water partition coefficient (Wildman–Crippen LogP) is 2.77. The zero-order valence-corrected chi connectivity index (χ0v) is 11.2. The molecule has 2 aliphatic rings. The number of aromatic nitrogens is 1. The van der Waals surface area contributed by atoms with Crippen LogP contribution in [0.25, 0.3) is 0 Å². The van der Waals surface area contributed by atoms with Gasteiger partial charge < -0.3 is 4.57 Å². The van der Waals surface area contributed by atoms with Gasteiger partial charge in [-0.25, -0.2) is 0 Å². The van der Waals surface area contributed by atoms with Gasteiger partial charge in [0.15, 0.2) is 0 Å². The fraction of sp³-hybridized carbons (Fsp3) is 0.500. The number of rotatable bonds is 3. The Labute approximate surface area is 115 Å². The summed E-state index contributed by atoms with van der Waals surface area (Å²) >= 11 is 0.941. The van der Waals surface area contributed by atoms with Gasteiger partial charge in [0.2, 0.25) is 0 Å². The largest absolute Gasteiger partial charge is 0.311 e. The predicted molar refractivity (Wildman–Crippen MR) is 71.5 cm³/mol. The van der Waals surface area contributed by atoms with Gasteiger partial charge in [-0.2, -0.15) is 10.5 Å². The summed E-state index contributed by atoms with van der Waals surface area (Å²) in [5.74, 6) is 0.630. The second kappa shape index (κ2) is 4.75. The molecular weight excluding hydrogens is 258 g/mol. The Morgan fingerprint density at radius 1 is 1.32 bits per heavy atom. The standard InChI is InChI=1S/C14H13N3OS/c15-6-9-3-12(4-9)17-7-11(10-1-2-10)5-13(14(17)18)19-8-16/h5,7,9-10,12H,1-4H2. The lowest BCUT2D eigenvalue weighted by Gasteiger charge is -2.32. The van der Waals surface area contributed by atoms with Crippen LogP contribution >= 0.6 is 11.8 Å². The van der Waals surface area contributed by atoms with E-state index in [1.807, 2.05) is 17.7 Å². The van der Waals surface area contributed by atoms with Gasteiger partial charge in [-0.1, -0.05) is 0 Å². The molecule has 1 aromatic heterocycles. The second-order valence-corrected chi connectivity index (χ2v) is 6.10. The van der Waals surface area contributed by atoms with Crippen molar-refractivity contribution in [2.45, 2.75) is 42.5 Å². The molecule has 0 bridgehead atoms. The normalized spacial score (nSPS) is 25.2. The Bertz CT molecular complexity index is 642. The van der Waals surface area contributed by atoms with Crippen LogP contribution < -0.4 is 5.56 Å². The molecule has 1 aromatic rings. The molecule has 0 amide bonds. The Morgan fingerprint density at radius 2 is 2.05 bits per heavy atom. The second-order valence-electron chi connectivity index (χ2n) is 5.27. The number of nitrogens with zero attached hydrogens (tertiary/aromatic N) is 3. The third kappa shape index (κ3) is 2.27. The number of hydrogen-bond donors (Lipinski definition) is 0. The van der Waals surface area contributed by atoms with Crippen LogP contribution in [-0.4, -0.2) is 4.57 Å². The van der Waals surface area contributed by atoms with E-state index in [1.165, 1.54) is 12.8 Å². The van der Waals surface area contributed by atoms with E-state index >= 15 is 0 Å². The van der Waals surface area contributed by atoms with Crippen LogP contribution in [-0.2, 0) is 0 Å². The highest BCUT2D eigenvalue weighted by atomic mass is 32.2. The molecule has 2 fully saturated rings. The van der Waals surface area contributed by atoms with E-state index in [4.69, 9.17) is 10.5 Å². The summed E-state index contributed by atoms with van der Waals surface area (Å²) in [5.41, 5.74) is 1.08. The lowest BCUT2D eigenvalue weighted by atomic mass is 9.81. The summed E-state index contributed by atoms with van der Waals surface area (Å²) in [6.45, 7) is 0. The van der Waals surface area contributed by atoms with Crippen LogP contribution in [0.5, 0.6) is 0 Å². The van der Waals surface area contributed by atoms with Crippen molar-refractivity contribution in [3.05, 3.63) is 28.2 Å². The molecule has 96 valence electrons. The van der Waals surface area contributed by atoms with E-state index in [9.17, 15) is 4.79 Å². The van der Waals surface area contributed by atoms with Gasteiger partial charge >= 0.3 is 0 Å². The van der Waals surface area contributed by atoms with Crippen LogP contribution in [0.2, 0.25) is 0 Å². The first-order valence-electron chi connectivity index (χ1n) is 6.44. The van der Waals surface area contributed by atoms with Crippen LogP contribution in [0.4, 0.5) is 0 Å². The fourth-order valence-corrected chi connectivity index (χ4v) is 3.04. The molecule has 4 nitrogen and oxygen atoms in total. The van der Waals surface area contributed by atoms with Gasteiger partial charge in [-0.05, 0) is 55.0 Å². The van der Waals surface area contributed by atoms with Crippen molar-refractivity contribution in [1.82, 2.24) is 4.57 Å². The minimum absolute atomic E-state index is 0.0774. The average Bonchev–Trinajstić information content (AvgIpc) is 3.16. The minimum atomic E-state index is -0.0858. The molecule has 0 atom stereocenters. The van der Waals surface area contributed by atoms with Crippen molar-refractivity contribution in [2.24, 2.45) is 5.92 Å². The number of thioether (sulfide) groups is 1. The Morgan fingerprint density at radius 3 is 2.63 bits per heavy atom. The van der Waals surface area contributed by atoms with E-state index < -0.39 is 0 Å². The molecule has 1 heterocycles. The summed E-state index contributed by atoms with van der Waals surface area (Å²) < 4.78 is 1.75. The molecule has 2 saturated carbocycles. The molecule has 0 aromatic carbocycles. The first-order chi connectivity index (χ1) is 9.22. The van der Waals surface area contributed by atoms with E-state index in [2.05, 4.69) is 6.07 Å². The zero-order valence-electron chi connectivity index (χ0n) is 10.4. The fourth-order valence-electron chi connectivity index (χ4n) is 2.55. The average molecular weight is 271 g/mol. The molecule has 3 rings (SSSR count). The van der Waals surface area contributed by atoms with Crippen LogP contribution in [0, 0.1) is 27.9 Å². The lowest BCUT2D eigenvalue weighted by Crippen LogP contribution is -2.34. The van der Waals surface area contributed by atoms with Crippen molar-refractivity contribution < 1.29 is 0 Å². The van der Waals surface area contributed by atoms with Gasteiger partial charge in [0.05, 0.1) is 16.9 Å². The van der Waals surface area contributed by atoms with Crippen molar-refractivity contribution >= 4 is 11.8 Å². The number of hydrogen-bond acceptors (Lipinski definition) is 4. The third-order valence-corrected chi connectivity index (χ3v) is 4.53. The number of nitriles is 2. The maximum Gasteiger partial charge on any atom is 0.265 e. The maximum absolute atomic E-state index is 12.3. The van der Waals surface area contributed by atoms with E-state index in [0.717, 1.165) is 30.2 Å². The molecule has 5 heteroatoms. The third-order valence-electron chi connectivity index (χ3n) is 3.92. The van der Waals surface area contributed by atoms with Crippen molar-refractivity contribution in [1.29, 1.82) is 10.5 Å². The molecule has 0 spiro atoms. The molecule has 0 N–H and O–H groups in total. The number of thiocyanates is 1. The smallest absolute Gasteiger partial charge is 0.265 e. The van der Waals surface area contributed by atoms with E-state index in [1.54, 1.807) is 4.57 Å². The quantitative estimate of drug-likeness (QED) is 0.626. The lowest BCUT2D eigenvalue weighted by molar-refractivity contribution is 0.241. The van der Waals surface area contributed by atoms with Crippen LogP contribution in [0.15, 0.2) is 22.0 Å². The molecule has 0 unspecified atom stereocenters. The van der Waals surface area contributed by atoms with Gasteiger partial charge in [0, 0.05) is 12.2 Å². The zero-order chi connectivity index (χ0) is 13.4. The molecule has 0 aliphatic heterocycles. The summed E-state index contributed by atoms with van der Waals surface area (Å²) in [6.07, 6.45) is 5.78. The first-order valence-corrected chi connectivity index (χ1v) is 7.26. The van der Waals surface area contributed by atoms with E-state index in [-0.39, 0.29) is 17.5 Å². The number of pyridine rings is 1. The topological polar surface area (TPSA) is 69.6 Å². The van der Waals surface area contributed by atoms with Crippen LogP contribution in [0.3, 0.4) is 0 Å². The Hall–Kier alpha value is -1.72. The van der Waals surface area contributed by atoms with Gasteiger partial charge in [-0.3, -0.25) is 4.79 Å². The van der Waals surface area contributed by atoms with Crippen LogP contribution in [0.1, 0.15) is 43.2 Å². The molecule has 0 radical (unpaired) electrons.